The van der Waals surface area contributed by atoms with Gasteiger partial charge in [-0.15, -0.1) is 0 Å². The SMILES string of the molecule is COC(=O)c1cc([N+](=O)[O-])cc(I)c1Br. The summed E-state index contributed by atoms with van der Waals surface area (Å²) < 4.78 is 5.60. The molecule has 1 aromatic rings. The van der Waals surface area contributed by atoms with Gasteiger partial charge in [-0.05, 0) is 38.5 Å². The summed E-state index contributed by atoms with van der Waals surface area (Å²) in [5.41, 5.74) is 0.0131. The van der Waals surface area contributed by atoms with Crippen molar-refractivity contribution in [2.45, 2.75) is 0 Å². The highest BCUT2D eigenvalue weighted by Crippen LogP contribution is 2.29. The van der Waals surface area contributed by atoms with E-state index in [1.165, 1.54) is 19.2 Å². The van der Waals surface area contributed by atoms with Crippen molar-refractivity contribution in [2.24, 2.45) is 0 Å². The highest BCUT2D eigenvalue weighted by Gasteiger charge is 2.18. The van der Waals surface area contributed by atoms with Crippen LogP contribution in [0.25, 0.3) is 0 Å². The second-order valence-electron chi connectivity index (χ2n) is 2.54. The van der Waals surface area contributed by atoms with Crippen LogP contribution in [-0.4, -0.2) is 18.0 Å². The molecule has 0 unspecified atom stereocenters. The first-order chi connectivity index (χ1) is 6.97. The number of esters is 1. The van der Waals surface area contributed by atoms with Crippen molar-refractivity contribution in [1.29, 1.82) is 0 Å². The molecule has 0 saturated heterocycles. The van der Waals surface area contributed by atoms with E-state index in [1.807, 2.05) is 22.6 Å². The number of rotatable bonds is 2. The van der Waals surface area contributed by atoms with E-state index < -0.39 is 10.9 Å². The summed E-state index contributed by atoms with van der Waals surface area (Å²) in [7, 11) is 1.22. The Hall–Kier alpha value is -0.700. The number of nitro groups is 1. The van der Waals surface area contributed by atoms with Gasteiger partial charge in [0.05, 0.1) is 17.6 Å². The topological polar surface area (TPSA) is 69.4 Å². The number of carbonyl (C=O) groups is 1. The lowest BCUT2D eigenvalue weighted by molar-refractivity contribution is -0.385. The Morgan fingerprint density at radius 2 is 2.20 bits per heavy atom. The minimum atomic E-state index is -0.608. The fourth-order valence-corrected chi connectivity index (χ4v) is 1.94. The molecule has 1 rings (SSSR count). The molecular formula is C8H5BrINO4. The fraction of sp³-hybridized carbons (Fsp3) is 0.125. The number of methoxy groups -OCH3 is 1. The van der Waals surface area contributed by atoms with Crippen LogP contribution in [0.15, 0.2) is 16.6 Å². The molecule has 0 aliphatic heterocycles. The minimum Gasteiger partial charge on any atom is -0.465 e. The summed E-state index contributed by atoms with van der Waals surface area (Å²) in [5.74, 6) is -0.608. The van der Waals surface area contributed by atoms with Crippen LogP contribution in [0, 0.1) is 13.7 Å². The molecule has 0 aliphatic carbocycles. The average Bonchev–Trinajstić information content (AvgIpc) is 2.20. The van der Waals surface area contributed by atoms with Crippen LogP contribution in [0.4, 0.5) is 5.69 Å². The maximum absolute atomic E-state index is 11.3. The second-order valence-corrected chi connectivity index (χ2v) is 4.49. The fourth-order valence-electron chi connectivity index (χ4n) is 0.939. The third-order valence-electron chi connectivity index (χ3n) is 1.63. The zero-order valence-corrected chi connectivity index (χ0v) is 11.2. The summed E-state index contributed by atoms with van der Waals surface area (Å²) in [6.45, 7) is 0. The van der Waals surface area contributed by atoms with E-state index in [0.29, 0.717) is 8.04 Å². The number of ether oxygens (including phenoxy) is 1. The number of hydrogen-bond donors (Lipinski definition) is 0. The molecule has 80 valence electrons. The Morgan fingerprint density at radius 3 is 2.67 bits per heavy atom. The smallest absolute Gasteiger partial charge is 0.339 e. The first-order valence-electron chi connectivity index (χ1n) is 3.69. The summed E-state index contributed by atoms with van der Waals surface area (Å²) in [4.78, 5) is 21.3. The number of benzene rings is 1. The molecule has 0 aromatic heterocycles. The van der Waals surface area contributed by atoms with Gasteiger partial charge in [-0.3, -0.25) is 10.1 Å². The van der Waals surface area contributed by atoms with E-state index in [2.05, 4.69) is 20.7 Å². The van der Waals surface area contributed by atoms with Gasteiger partial charge in [-0.2, -0.15) is 0 Å². The van der Waals surface area contributed by atoms with Crippen LogP contribution in [0.3, 0.4) is 0 Å². The zero-order valence-electron chi connectivity index (χ0n) is 7.49. The van der Waals surface area contributed by atoms with Gasteiger partial charge in [0, 0.05) is 20.2 Å². The van der Waals surface area contributed by atoms with Crippen molar-refractivity contribution in [3.8, 4) is 0 Å². The van der Waals surface area contributed by atoms with Crippen molar-refractivity contribution >= 4 is 50.2 Å². The van der Waals surface area contributed by atoms with Gasteiger partial charge >= 0.3 is 5.97 Å². The highest BCUT2D eigenvalue weighted by molar-refractivity contribution is 14.1. The lowest BCUT2D eigenvalue weighted by Crippen LogP contribution is -2.04. The van der Waals surface area contributed by atoms with Gasteiger partial charge in [-0.1, -0.05) is 0 Å². The Bertz CT molecular complexity index is 435. The number of non-ortho nitro benzene ring substituents is 1. The van der Waals surface area contributed by atoms with Crippen LogP contribution >= 0.6 is 38.5 Å². The van der Waals surface area contributed by atoms with E-state index in [1.54, 1.807) is 0 Å². The molecule has 0 atom stereocenters. The van der Waals surface area contributed by atoms with E-state index >= 15 is 0 Å². The van der Waals surface area contributed by atoms with Gasteiger partial charge in [0.15, 0.2) is 0 Å². The first kappa shape index (κ1) is 12.4. The molecule has 0 fully saturated rings. The Labute approximate surface area is 107 Å². The molecular weight excluding hydrogens is 381 g/mol. The van der Waals surface area contributed by atoms with Gasteiger partial charge in [0.25, 0.3) is 5.69 Å². The molecule has 5 nitrogen and oxygen atoms in total. The maximum atomic E-state index is 11.3. The van der Waals surface area contributed by atoms with Crippen molar-refractivity contribution in [1.82, 2.24) is 0 Å². The van der Waals surface area contributed by atoms with Crippen LogP contribution < -0.4 is 0 Å². The minimum absolute atomic E-state index is 0.136. The third kappa shape index (κ3) is 2.65. The summed E-state index contributed by atoms with van der Waals surface area (Å²) in [5, 5.41) is 10.6. The Balaban J connectivity index is 3.37. The summed E-state index contributed by atoms with van der Waals surface area (Å²) in [6.07, 6.45) is 0. The zero-order chi connectivity index (χ0) is 11.6. The van der Waals surface area contributed by atoms with Crippen molar-refractivity contribution in [3.05, 3.63) is 35.9 Å². The molecule has 0 radical (unpaired) electrons. The molecule has 0 saturated carbocycles. The third-order valence-corrected chi connectivity index (χ3v) is 4.08. The second kappa shape index (κ2) is 4.88. The summed E-state index contributed by atoms with van der Waals surface area (Å²) in [6, 6.07) is 2.55. The maximum Gasteiger partial charge on any atom is 0.339 e. The van der Waals surface area contributed by atoms with Gasteiger partial charge in [0.2, 0.25) is 0 Å². The predicted octanol–water partition coefficient (Wildman–Crippen LogP) is 2.75. The molecule has 0 amide bonds. The lowest BCUT2D eigenvalue weighted by atomic mass is 10.2. The molecule has 0 spiro atoms. The van der Waals surface area contributed by atoms with Crippen molar-refractivity contribution in [2.75, 3.05) is 7.11 Å². The Kier molecular flexibility index (Phi) is 4.03. The molecule has 15 heavy (non-hydrogen) atoms. The van der Waals surface area contributed by atoms with Gasteiger partial charge in [-0.25, -0.2) is 4.79 Å². The largest absolute Gasteiger partial charge is 0.465 e. The predicted molar refractivity (Wildman–Crippen MR) is 64.9 cm³/mol. The van der Waals surface area contributed by atoms with Crippen LogP contribution in [0.2, 0.25) is 0 Å². The standard InChI is InChI=1S/C8H5BrINO4/c1-15-8(12)5-2-4(11(13)14)3-6(10)7(5)9/h2-3H,1H3. The van der Waals surface area contributed by atoms with Gasteiger partial charge in [0.1, 0.15) is 0 Å². The molecule has 0 N–H and O–H groups in total. The molecule has 7 heteroatoms. The van der Waals surface area contributed by atoms with E-state index in [4.69, 9.17) is 0 Å². The van der Waals surface area contributed by atoms with Crippen LogP contribution in [-0.2, 0) is 4.74 Å². The number of nitro benzene ring substituents is 1. The first-order valence-corrected chi connectivity index (χ1v) is 5.56. The number of nitrogens with zero attached hydrogens (tertiary/aromatic N) is 1. The van der Waals surface area contributed by atoms with Gasteiger partial charge < -0.3 is 4.74 Å². The number of halogens is 2. The molecule has 0 heterocycles. The van der Waals surface area contributed by atoms with E-state index in [9.17, 15) is 14.9 Å². The van der Waals surface area contributed by atoms with E-state index in [-0.39, 0.29) is 11.3 Å². The lowest BCUT2D eigenvalue weighted by Gasteiger charge is -2.04. The quantitative estimate of drug-likeness (QED) is 0.339. The van der Waals surface area contributed by atoms with E-state index in [0.717, 1.165) is 0 Å². The average molecular weight is 386 g/mol. The van der Waals surface area contributed by atoms with Crippen molar-refractivity contribution in [3.63, 3.8) is 0 Å². The van der Waals surface area contributed by atoms with Crippen LogP contribution in [0.1, 0.15) is 10.4 Å². The molecule has 1 aromatic carbocycles. The monoisotopic (exact) mass is 385 g/mol. The van der Waals surface area contributed by atoms with Crippen molar-refractivity contribution < 1.29 is 14.5 Å². The molecule has 0 aliphatic rings. The highest BCUT2D eigenvalue weighted by atomic mass is 127. The Morgan fingerprint density at radius 1 is 1.60 bits per heavy atom. The molecule has 0 bridgehead atoms. The number of hydrogen-bond acceptors (Lipinski definition) is 4. The van der Waals surface area contributed by atoms with Crippen LogP contribution in [0.5, 0.6) is 0 Å². The normalized spacial score (nSPS) is 9.80. The number of carbonyl (C=O) groups excluding carboxylic acids is 1. The summed E-state index contributed by atoms with van der Waals surface area (Å²) >= 11 is 5.07.